The van der Waals surface area contributed by atoms with Crippen molar-refractivity contribution in [2.24, 2.45) is 40.4 Å². The Balaban J connectivity index is 1.61. The molecule has 0 saturated heterocycles. The second kappa shape index (κ2) is 6.99. The van der Waals surface area contributed by atoms with Crippen molar-refractivity contribution in [2.75, 3.05) is 0 Å². The molecule has 28 heavy (non-hydrogen) atoms. The smallest absolute Gasteiger partial charge is 0.302 e. The Morgan fingerprint density at radius 3 is 2.54 bits per heavy atom. The maximum atomic E-state index is 12.6. The van der Waals surface area contributed by atoms with E-state index in [1.54, 1.807) is 5.57 Å². The van der Waals surface area contributed by atoms with Crippen molar-refractivity contribution in [3.05, 3.63) is 11.6 Å². The van der Waals surface area contributed by atoms with Gasteiger partial charge in [0.05, 0.1) is 0 Å². The van der Waals surface area contributed by atoms with Gasteiger partial charge >= 0.3 is 5.97 Å². The van der Waals surface area contributed by atoms with E-state index in [2.05, 4.69) is 26.8 Å². The van der Waals surface area contributed by atoms with Crippen LogP contribution in [-0.4, -0.2) is 17.9 Å². The zero-order chi connectivity index (χ0) is 20.3. The molecule has 3 heteroatoms. The van der Waals surface area contributed by atoms with Crippen LogP contribution < -0.4 is 0 Å². The van der Waals surface area contributed by atoms with Crippen LogP contribution in [0.5, 0.6) is 0 Å². The van der Waals surface area contributed by atoms with Crippen molar-refractivity contribution < 1.29 is 14.3 Å². The number of Topliss-reactive ketones (excluding diaryl/α,β-unsaturated/α-hetero) is 1. The summed E-state index contributed by atoms with van der Waals surface area (Å²) in [7, 11) is 0. The van der Waals surface area contributed by atoms with E-state index in [0.29, 0.717) is 17.6 Å². The van der Waals surface area contributed by atoms with E-state index < -0.39 is 0 Å². The fourth-order valence-corrected chi connectivity index (χ4v) is 8.34. The molecule has 4 aliphatic rings. The fourth-order valence-electron chi connectivity index (χ4n) is 8.34. The molecule has 4 aliphatic carbocycles. The minimum absolute atomic E-state index is 0.0697. The number of carbonyl (C=O) groups is 2. The highest BCUT2D eigenvalue weighted by Crippen LogP contribution is 2.67. The van der Waals surface area contributed by atoms with Crippen LogP contribution in [0.15, 0.2) is 11.6 Å². The molecule has 0 unspecified atom stereocenters. The normalized spacial score (nSPS) is 47.4. The molecule has 3 saturated carbocycles. The molecule has 3 fully saturated rings. The number of carbonyl (C=O) groups excluding carboxylic acids is 2. The molecule has 0 heterocycles. The minimum Gasteiger partial charge on any atom is -0.462 e. The van der Waals surface area contributed by atoms with Crippen molar-refractivity contribution in [3.8, 4) is 0 Å². The molecule has 4 rings (SSSR count). The van der Waals surface area contributed by atoms with Crippen LogP contribution in [0.2, 0.25) is 0 Å². The van der Waals surface area contributed by atoms with Gasteiger partial charge in [-0.15, -0.1) is 0 Å². The topological polar surface area (TPSA) is 43.4 Å². The summed E-state index contributed by atoms with van der Waals surface area (Å²) in [6.07, 6.45) is 11.6. The quantitative estimate of drug-likeness (QED) is 0.460. The lowest BCUT2D eigenvalue weighted by atomic mass is 9.47. The van der Waals surface area contributed by atoms with E-state index in [9.17, 15) is 9.59 Å². The third-order valence-electron chi connectivity index (χ3n) is 9.53. The van der Waals surface area contributed by atoms with E-state index in [1.807, 2.05) is 6.92 Å². The Hall–Kier alpha value is -1.12. The van der Waals surface area contributed by atoms with Gasteiger partial charge in [0.25, 0.3) is 0 Å². The van der Waals surface area contributed by atoms with Gasteiger partial charge in [0, 0.05) is 19.3 Å². The van der Waals surface area contributed by atoms with Crippen LogP contribution in [-0.2, 0) is 14.3 Å². The van der Waals surface area contributed by atoms with Crippen LogP contribution in [0.4, 0.5) is 0 Å². The summed E-state index contributed by atoms with van der Waals surface area (Å²) in [6.45, 7) is 10.6. The third-order valence-corrected chi connectivity index (χ3v) is 9.53. The number of fused-ring (bicyclic) bond motifs is 5. The van der Waals surface area contributed by atoms with Gasteiger partial charge in [0.15, 0.2) is 0 Å². The number of ketones is 1. The summed E-state index contributed by atoms with van der Waals surface area (Å²) in [5, 5.41) is 0. The molecule has 0 amide bonds. The summed E-state index contributed by atoms with van der Waals surface area (Å²) in [5.41, 5.74) is 2.00. The number of allylic oxidation sites excluding steroid dienone is 1. The highest BCUT2D eigenvalue weighted by Gasteiger charge is 2.61. The molecule has 0 aromatic carbocycles. The molecule has 0 bridgehead atoms. The first-order valence-corrected chi connectivity index (χ1v) is 11.6. The predicted molar refractivity (Wildman–Crippen MR) is 111 cm³/mol. The summed E-state index contributed by atoms with van der Waals surface area (Å²) < 4.78 is 5.56. The largest absolute Gasteiger partial charge is 0.462 e. The molecule has 0 spiro atoms. The first-order chi connectivity index (χ1) is 13.2. The number of ether oxygens (including phenoxy) is 1. The Labute approximate surface area is 170 Å². The second-order valence-electron chi connectivity index (χ2n) is 10.8. The summed E-state index contributed by atoms with van der Waals surface area (Å²) >= 11 is 0. The highest BCUT2D eigenvalue weighted by molar-refractivity contribution is 5.80. The van der Waals surface area contributed by atoms with Gasteiger partial charge in [-0.25, -0.2) is 0 Å². The zero-order valence-corrected chi connectivity index (χ0v) is 18.4. The van der Waals surface area contributed by atoms with Gasteiger partial charge in [-0.05, 0) is 80.0 Å². The van der Waals surface area contributed by atoms with Crippen LogP contribution >= 0.6 is 0 Å². The average molecular weight is 387 g/mol. The maximum absolute atomic E-state index is 12.6. The van der Waals surface area contributed by atoms with Gasteiger partial charge in [-0.1, -0.05) is 38.8 Å². The van der Waals surface area contributed by atoms with E-state index in [4.69, 9.17) is 4.74 Å². The van der Waals surface area contributed by atoms with E-state index in [1.165, 1.54) is 26.2 Å². The molecule has 3 nitrogen and oxygen atoms in total. The van der Waals surface area contributed by atoms with Crippen molar-refractivity contribution in [2.45, 2.75) is 92.1 Å². The zero-order valence-electron chi connectivity index (χ0n) is 18.4. The van der Waals surface area contributed by atoms with Crippen molar-refractivity contribution >= 4 is 11.8 Å². The van der Waals surface area contributed by atoms with E-state index in [0.717, 1.165) is 43.9 Å². The number of hydrogen-bond donors (Lipinski definition) is 0. The number of rotatable bonds is 3. The van der Waals surface area contributed by atoms with Crippen LogP contribution in [0.3, 0.4) is 0 Å². The maximum Gasteiger partial charge on any atom is 0.302 e. The first-order valence-electron chi connectivity index (χ1n) is 11.6. The standard InChI is InChI=1S/C25H38O3/c1-6-17-13-22-20-8-7-18-14-19(28-16(3)27)9-11-24(18,4)21(20)10-12-25(22,5)23(17)15(2)26/h7,17,19-23H,6,8-14H2,1-5H3/t17-,19+,20-,21+,22+,23+,24+,25+/m1/s1. The lowest BCUT2D eigenvalue weighted by Crippen LogP contribution is -2.51. The molecule has 0 radical (unpaired) electrons. The Bertz CT molecular complexity index is 694. The predicted octanol–water partition coefficient (Wildman–Crippen LogP) is 5.72. The summed E-state index contributed by atoms with van der Waals surface area (Å²) in [5.74, 6) is 3.25. The van der Waals surface area contributed by atoms with E-state index >= 15 is 0 Å². The molecule has 0 N–H and O–H groups in total. The average Bonchev–Trinajstić information content (AvgIpc) is 2.94. The molecule has 0 aromatic rings. The monoisotopic (exact) mass is 386 g/mol. The van der Waals surface area contributed by atoms with E-state index in [-0.39, 0.29) is 28.8 Å². The molecule has 0 aromatic heterocycles. The number of hydrogen-bond acceptors (Lipinski definition) is 3. The number of esters is 1. The van der Waals surface area contributed by atoms with Gasteiger partial charge in [0.2, 0.25) is 0 Å². The lowest BCUT2D eigenvalue weighted by Gasteiger charge is -2.58. The van der Waals surface area contributed by atoms with Crippen molar-refractivity contribution in [1.82, 2.24) is 0 Å². The van der Waals surface area contributed by atoms with Gasteiger partial charge in [-0.2, -0.15) is 0 Å². The van der Waals surface area contributed by atoms with Crippen molar-refractivity contribution in [3.63, 3.8) is 0 Å². The van der Waals surface area contributed by atoms with Crippen LogP contribution in [0.25, 0.3) is 0 Å². The lowest BCUT2D eigenvalue weighted by molar-refractivity contribution is -0.149. The Morgan fingerprint density at radius 1 is 1.14 bits per heavy atom. The second-order valence-corrected chi connectivity index (χ2v) is 10.8. The molecular weight excluding hydrogens is 348 g/mol. The van der Waals surface area contributed by atoms with Crippen LogP contribution in [0, 0.1) is 40.4 Å². The molecule has 0 aliphatic heterocycles. The fraction of sp³-hybridized carbons (Fsp3) is 0.840. The molecule has 8 atom stereocenters. The SMILES string of the molecule is CC[C@@H]1C[C@H]2[C@@H]3CC=C4C[C@@H](OC(C)=O)CC[C@]4(C)[C@H]3CC[C@]2(C)[C@H]1C(C)=O. The Kier molecular flexibility index (Phi) is 5.03. The minimum atomic E-state index is -0.150. The molecule has 156 valence electrons. The third kappa shape index (κ3) is 2.91. The first kappa shape index (κ1) is 20.2. The van der Waals surface area contributed by atoms with Gasteiger partial charge in [-0.3, -0.25) is 9.59 Å². The summed E-state index contributed by atoms with van der Waals surface area (Å²) in [6, 6.07) is 0. The van der Waals surface area contributed by atoms with Crippen molar-refractivity contribution in [1.29, 1.82) is 0 Å². The van der Waals surface area contributed by atoms with Crippen LogP contribution in [0.1, 0.15) is 86.0 Å². The van der Waals surface area contributed by atoms with Gasteiger partial charge in [0.1, 0.15) is 11.9 Å². The Morgan fingerprint density at radius 2 is 1.89 bits per heavy atom. The molecular formula is C25H38O3. The summed E-state index contributed by atoms with van der Waals surface area (Å²) in [4.78, 5) is 24.0. The van der Waals surface area contributed by atoms with Gasteiger partial charge < -0.3 is 4.74 Å². The highest BCUT2D eigenvalue weighted by atomic mass is 16.5.